The molecule has 0 spiro atoms. The van der Waals surface area contributed by atoms with Crippen LogP contribution >= 0.6 is 0 Å². The summed E-state index contributed by atoms with van der Waals surface area (Å²) < 4.78 is 12.2. The number of hydrogen-bond acceptors (Lipinski definition) is 5. The molecule has 7 nitrogen and oxygen atoms in total. The van der Waals surface area contributed by atoms with Gasteiger partial charge in [-0.2, -0.15) is 4.98 Å². The maximum absolute atomic E-state index is 12.0. The first-order valence-electron chi connectivity index (χ1n) is 8.58. The summed E-state index contributed by atoms with van der Waals surface area (Å²) in [6.45, 7) is 3.70. The van der Waals surface area contributed by atoms with Gasteiger partial charge in [-0.05, 0) is 30.3 Å². The van der Waals surface area contributed by atoms with Crippen molar-refractivity contribution in [3.8, 4) is 28.8 Å². The van der Waals surface area contributed by atoms with Crippen molar-refractivity contribution in [3.63, 3.8) is 0 Å². The molecule has 0 fully saturated rings. The normalized spacial score (nSPS) is 10.7. The minimum atomic E-state index is -0.104. The SMILES string of the molecule is COc1cccc(-c2nc(OC)nn2-c2cccc(NC(=O)C(C)C)c2)c1. The number of amides is 1. The Labute approximate surface area is 158 Å². The molecule has 0 saturated carbocycles. The van der Waals surface area contributed by atoms with E-state index in [0.29, 0.717) is 11.5 Å². The third kappa shape index (κ3) is 4.08. The van der Waals surface area contributed by atoms with Gasteiger partial charge in [-0.3, -0.25) is 4.79 Å². The summed E-state index contributed by atoms with van der Waals surface area (Å²) >= 11 is 0. The van der Waals surface area contributed by atoms with Gasteiger partial charge in [0.2, 0.25) is 5.91 Å². The van der Waals surface area contributed by atoms with E-state index >= 15 is 0 Å². The predicted octanol–water partition coefficient (Wildman–Crippen LogP) is 3.55. The van der Waals surface area contributed by atoms with Gasteiger partial charge in [0, 0.05) is 17.2 Å². The lowest BCUT2D eigenvalue weighted by atomic mass is 10.2. The molecule has 0 aliphatic heterocycles. The molecule has 0 aliphatic rings. The number of ether oxygens (including phenoxy) is 2. The molecule has 0 unspecified atom stereocenters. The van der Waals surface area contributed by atoms with E-state index in [1.54, 1.807) is 11.8 Å². The van der Waals surface area contributed by atoms with E-state index in [2.05, 4.69) is 15.4 Å². The lowest BCUT2D eigenvalue weighted by Gasteiger charge is -2.11. The third-order valence-electron chi connectivity index (χ3n) is 3.98. The minimum absolute atomic E-state index is 0.0451. The van der Waals surface area contributed by atoms with Gasteiger partial charge in [0.15, 0.2) is 5.82 Å². The Morgan fingerprint density at radius 2 is 1.85 bits per heavy atom. The summed E-state index contributed by atoms with van der Waals surface area (Å²) in [5.41, 5.74) is 2.28. The van der Waals surface area contributed by atoms with Gasteiger partial charge in [0.05, 0.1) is 19.9 Å². The van der Waals surface area contributed by atoms with Crippen molar-refractivity contribution in [2.75, 3.05) is 19.5 Å². The largest absolute Gasteiger partial charge is 0.497 e. The van der Waals surface area contributed by atoms with Crippen molar-refractivity contribution in [2.45, 2.75) is 13.8 Å². The molecule has 1 heterocycles. The molecule has 140 valence electrons. The van der Waals surface area contributed by atoms with Gasteiger partial charge < -0.3 is 14.8 Å². The zero-order valence-corrected chi connectivity index (χ0v) is 15.8. The molecule has 3 aromatic rings. The Hall–Kier alpha value is -3.35. The van der Waals surface area contributed by atoms with E-state index in [0.717, 1.165) is 17.0 Å². The number of methoxy groups -OCH3 is 2. The van der Waals surface area contributed by atoms with Gasteiger partial charge >= 0.3 is 6.01 Å². The molecule has 0 bridgehead atoms. The second-order valence-electron chi connectivity index (χ2n) is 6.26. The lowest BCUT2D eigenvalue weighted by molar-refractivity contribution is -0.118. The van der Waals surface area contributed by atoms with Crippen LogP contribution in [-0.2, 0) is 4.79 Å². The first kappa shape index (κ1) is 18.4. The van der Waals surface area contributed by atoms with E-state index in [9.17, 15) is 4.79 Å². The first-order chi connectivity index (χ1) is 13.0. The molecule has 0 atom stereocenters. The van der Waals surface area contributed by atoms with E-state index in [-0.39, 0.29) is 17.8 Å². The Morgan fingerprint density at radius 1 is 1.07 bits per heavy atom. The van der Waals surface area contributed by atoms with Crippen molar-refractivity contribution in [1.29, 1.82) is 0 Å². The molecule has 1 N–H and O–H groups in total. The average Bonchev–Trinajstić information content (AvgIpc) is 3.13. The lowest BCUT2D eigenvalue weighted by Crippen LogP contribution is -2.17. The molecular formula is C20H22N4O3. The van der Waals surface area contributed by atoms with Crippen LogP contribution in [0.4, 0.5) is 5.69 Å². The minimum Gasteiger partial charge on any atom is -0.497 e. The highest BCUT2D eigenvalue weighted by molar-refractivity contribution is 5.92. The highest BCUT2D eigenvalue weighted by Crippen LogP contribution is 2.27. The smallest absolute Gasteiger partial charge is 0.336 e. The fraction of sp³-hybridized carbons (Fsp3) is 0.250. The molecule has 0 radical (unpaired) electrons. The number of anilines is 1. The highest BCUT2D eigenvalue weighted by Gasteiger charge is 2.16. The molecule has 1 amide bonds. The van der Waals surface area contributed by atoms with Crippen molar-refractivity contribution in [3.05, 3.63) is 48.5 Å². The van der Waals surface area contributed by atoms with Gasteiger partial charge in [0.1, 0.15) is 5.75 Å². The van der Waals surface area contributed by atoms with Crippen molar-refractivity contribution in [2.24, 2.45) is 5.92 Å². The standard InChI is InChI=1S/C20H22N4O3/c1-13(2)19(25)21-15-8-6-9-16(12-15)24-18(22-20(23-24)27-4)14-7-5-10-17(11-14)26-3/h5-13H,1-4H3,(H,21,25). The number of carbonyl (C=O) groups excluding carboxylic acids is 1. The summed E-state index contributed by atoms with van der Waals surface area (Å²) in [6.07, 6.45) is 0. The maximum atomic E-state index is 12.0. The van der Waals surface area contributed by atoms with E-state index < -0.39 is 0 Å². The zero-order valence-electron chi connectivity index (χ0n) is 15.8. The topological polar surface area (TPSA) is 78.3 Å². The van der Waals surface area contributed by atoms with E-state index in [1.807, 2.05) is 62.4 Å². The van der Waals surface area contributed by atoms with Crippen LogP contribution in [0.5, 0.6) is 11.8 Å². The summed E-state index contributed by atoms with van der Waals surface area (Å²) in [6, 6.07) is 15.2. The van der Waals surface area contributed by atoms with Crippen LogP contribution in [0, 0.1) is 5.92 Å². The third-order valence-corrected chi connectivity index (χ3v) is 3.98. The van der Waals surface area contributed by atoms with Crippen LogP contribution in [0.3, 0.4) is 0 Å². The van der Waals surface area contributed by atoms with Gasteiger partial charge in [-0.25, -0.2) is 4.68 Å². The Bertz CT molecular complexity index is 950. The number of hydrogen-bond donors (Lipinski definition) is 1. The van der Waals surface area contributed by atoms with Gasteiger partial charge in [-0.1, -0.05) is 32.0 Å². The summed E-state index contributed by atoms with van der Waals surface area (Å²) in [5, 5.41) is 7.31. The van der Waals surface area contributed by atoms with E-state index in [4.69, 9.17) is 9.47 Å². The van der Waals surface area contributed by atoms with Crippen LogP contribution in [0.25, 0.3) is 17.1 Å². The Kier molecular flexibility index (Phi) is 5.40. The molecule has 1 aromatic heterocycles. The summed E-state index contributed by atoms with van der Waals surface area (Å²) in [5.74, 6) is 1.18. The Balaban J connectivity index is 2.04. The quantitative estimate of drug-likeness (QED) is 0.722. The second kappa shape index (κ2) is 7.90. The van der Waals surface area contributed by atoms with Gasteiger partial charge in [-0.15, -0.1) is 5.10 Å². The van der Waals surface area contributed by atoms with Crippen molar-refractivity contribution < 1.29 is 14.3 Å². The second-order valence-corrected chi connectivity index (χ2v) is 6.26. The number of nitrogens with one attached hydrogen (secondary N) is 1. The zero-order chi connectivity index (χ0) is 19.4. The molecule has 3 rings (SSSR count). The molecule has 2 aromatic carbocycles. The maximum Gasteiger partial charge on any atom is 0.336 e. The Morgan fingerprint density at radius 3 is 2.56 bits per heavy atom. The first-order valence-corrected chi connectivity index (χ1v) is 8.58. The number of aromatic nitrogens is 3. The van der Waals surface area contributed by atoms with Gasteiger partial charge in [0.25, 0.3) is 0 Å². The van der Waals surface area contributed by atoms with Crippen LogP contribution in [-0.4, -0.2) is 34.9 Å². The fourth-order valence-electron chi connectivity index (χ4n) is 2.51. The van der Waals surface area contributed by atoms with Crippen LogP contribution in [0.2, 0.25) is 0 Å². The fourth-order valence-corrected chi connectivity index (χ4v) is 2.51. The van der Waals surface area contributed by atoms with E-state index in [1.165, 1.54) is 7.11 Å². The van der Waals surface area contributed by atoms with Crippen LogP contribution in [0.15, 0.2) is 48.5 Å². The van der Waals surface area contributed by atoms with Crippen molar-refractivity contribution >= 4 is 11.6 Å². The molecular weight excluding hydrogens is 344 g/mol. The van der Waals surface area contributed by atoms with Crippen LogP contribution in [0.1, 0.15) is 13.8 Å². The molecule has 0 saturated heterocycles. The highest BCUT2D eigenvalue weighted by atomic mass is 16.5. The monoisotopic (exact) mass is 366 g/mol. The number of benzene rings is 2. The van der Waals surface area contributed by atoms with Crippen molar-refractivity contribution in [1.82, 2.24) is 14.8 Å². The molecule has 27 heavy (non-hydrogen) atoms. The molecule has 0 aliphatic carbocycles. The number of nitrogens with zero attached hydrogens (tertiary/aromatic N) is 3. The number of carbonyl (C=O) groups is 1. The average molecular weight is 366 g/mol. The summed E-state index contributed by atoms with van der Waals surface area (Å²) in [7, 11) is 3.14. The van der Waals surface area contributed by atoms with Crippen LogP contribution < -0.4 is 14.8 Å². The molecule has 7 heteroatoms. The number of rotatable bonds is 6. The summed E-state index contributed by atoms with van der Waals surface area (Å²) in [4.78, 5) is 16.4. The predicted molar refractivity (Wildman–Crippen MR) is 103 cm³/mol.